The number of hydrogen-bond donors (Lipinski definition) is 1. The average molecular weight is 295 g/mol. The zero-order valence-electron chi connectivity index (χ0n) is 11.9. The lowest BCUT2D eigenvalue weighted by molar-refractivity contribution is -0.0757. The summed E-state index contributed by atoms with van der Waals surface area (Å²) in [7, 11) is 2.90. The molecule has 0 spiro atoms. The zero-order valence-corrected chi connectivity index (χ0v) is 11.9. The summed E-state index contributed by atoms with van der Waals surface area (Å²) in [6, 6.07) is 0. The van der Waals surface area contributed by atoms with Gasteiger partial charge in [-0.2, -0.15) is 0 Å². The first-order valence-electron chi connectivity index (χ1n) is 6.40. The Balaban J connectivity index is 2.00. The summed E-state index contributed by atoms with van der Waals surface area (Å²) in [5.41, 5.74) is 0.326. The molecule has 1 aliphatic rings. The topological polar surface area (TPSA) is 99.1 Å². The van der Waals surface area contributed by atoms with E-state index in [-0.39, 0.29) is 5.91 Å². The van der Waals surface area contributed by atoms with Crippen molar-refractivity contribution in [1.29, 1.82) is 0 Å². The molecule has 21 heavy (non-hydrogen) atoms. The summed E-state index contributed by atoms with van der Waals surface area (Å²) in [6.07, 6.45) is 1.95. The van der Waals surface area contributed by atoms with Gasteiger partial charge < -0.3 is 14.9 Å². The van der Waals surface area contributed by atoms with E-state index in [0.29, 0.717) is 37.7 Å². The molecule has 114 valence electrons. The molecule has 0 aliphatic carbocycles. The second-order valence-electron chi connectivity index (χ2n) is 4.51. The molecule has 2 rings (SSSR count). The normalized spacial score (nSPS) is 15.0. The van der Waals surface area contributed by atoms with Gasteiger partial charge in [0, 0.05) is 45.6 Å². The van der Waals surface area contributed by atoms with Gasteiger partial charge in [0.25, 0.3) is 5.91 Å². The molecule has 1 aromatic heterocycles. The maximum atomic E-state index is 11.8. The molecule has 1 saturated heterocycles. The molecule has 1 aliphatic heterocycles. The fourth-order valence-electron chi connectivity index (χ4n) is 1.96. The highest BCUT2D eigenvalue weighted by Gasteiger charge is 2.22. The van der Waals surface area contributed by atoms with Gasteiger partial charge >= 0.3 is 6.09 Å². The Bertz CT molecular complexity index is 513. The number of carboxylic acid groups (broad SMARTS) is 1. The van der Waals surface area contributed by atoms with Crippen molar-refractivity contribution in [2.45, 2.75) is 0 Å². The lowest BCUT2D eigenvalue weighted by Crippen LogP contribution is -2.48. The average Bonchev–Trinajstić information content (AvgIpc) is 2.53. The van der Waals surface area contributed by atoms with Gasteiger partial charge in [0.05, 0.1) is 12.7 Å². The van der Waals surface area contributed by atoms with Gasteiger partial charge in [-0.1, -0.05) is 0 Å². The van der Waals surface area contributed by atoms with E-state index < -0.39 is 6.09 Å². The Labute approximate surface area is 121 Å². The highest BCUT2D eigenvalue weighted by atomic mass is 16.7. The fraction of sp³-hybridized carbons (Fsp3) is 0.500. The number of hydrogen-bond acceptors (Lipinski definition) is 6. The van der Waals surface area contributed by atoms with E-state index in [0.717, 1.165) is 5.06 Å². The van der Waals surface area contributed by atoms with E-state index in [1.54, 1.807) is 0 Å². The second kappa shape index (κ2) is 6.35. The van der Waals surface area contributed by atoms with Crippen LogP contribution in [0.4, 0.5) is 10.7 Å². The highest BCUT2D eigenvalue weighted by Crippen LogP contribution is 2.11. The van der Waals surface area contributed by atoms with Gasteiger partial charge in [0.1, 0.15) is 0 Å². The van der Waals surface area contributed by atoms with Crippen molar-refractivity contribution in [2.75, 3.05) is 45.2 Å². The number of carbonyl (C=O) groups excluding carboxylic acids is 1. The van der Waals surface area contributed by atoms with Crippen LogP contribution in [0.15, 0.2) is 12.4 Å². The molecule has 0 unspecified atom stereocenters. The first kappa shape index (κ1) is 15.0. The molecule has 0 radical (unpaired) electrons. The van der Waals surface area contributed by atoms with Crippen molar-refractivity contribution in [2.24, 2.45) is 0 Å². The van der Waals surface area contributed by atoms with Crippen molar-refractivity contribution < 1.29 is 19.5 Å². The Morgan fingerprint density at radius 1 is 1.24 bits per heavy atom. The third kappa shape index (κ3) is 3.37. The fourth-order valence-corrected chi connectivity index (χ4v) is 1.96. The van der Waals surface area contributed by atoms with Gasteiger partial charge in [-0.15, -0.1) is 0 Å². The molecule has 9 nitrogen and oxygen atoms in total. The van der Waals surface area contributed by atoms with Gasteiger partial charge in [0.2, 0.25) is 5.95 Å². The van der Waals surface area contributed by atoms with Crippen LogP contribution in [0.25, 0.3) is 0 Å². The molecule has 0 aromatic carbocycles. The summed E-state index contributed by atoms with van der Waals surface area (Å²) in [6.45, 7) is 1.87. The van der Waals surface area contributed by atoms with E-state index in [1.807, 2.05) is 4.90 Å². The highest BCUT2D eigenvalue weighted by molar-refractivity contribution is 5.92. The maximum absolute atomic E-state index is 11.8. The quantitative estimate of drug-likeness (QED) is 0.778. The number of aromatic nitrogens is 2. The SMILES string of the molecule is CON(C)C(=O)c1cnc(N2CCN(C(=O)O)CC2)nc1. The van der Waals surface area contributed by atoms with Crippen LogP contribution in [0.2, 0.25) is 0 Å². The second-order valence-corrected chi connectivity index (χ2v) is 4.51. The molecule has 9 heteroatoms. The summed E-state index contributed by atoms with van der Waals surface area (Å²) < 4.78 is 0. The largest absolute Gasteiger partial charge is 0.465 e. The molecule has 0 atom stereocenters. The van der Waals surface area contributed by atoms with Crippen LogP contribution in [-0.2, 0) is 4.84 Å². The molecule has 0 bridgehead atoms. The van der Waals surface area contributed by atoms with Crippen molar-refractivity contribution in [3.05, 3.63) is 18.0 Å². The summed E-state index contributed by atoms with van der Waals surface area (Å²) in [5.74, 6) is 0.149. The van der Waals surface area contributed by atoms with E-state index in [9.17, 15) is 9.59 Å². The van der Waals surface area contributed by atoms with E-state index in [1.165, 1.54) is 31.5 Å². The summed E-state index contributed by atoms with van der Waals surface area (Å²) >= 11 is 0. The Morgan fingerprint density at radius 2 is 1.81 bits per heavy atom. The van der Waals surface area contributed by atoms with Crippen LogP contribution < -0.4 is 4.90 Å². The standard InChI is InChI=1S/C12H17N5O4/c1-15(21-2)10(18)9-7-13-11(14-8-9)16-3-5-17(6-4-16)12(19)20/h7-8H,3-6H2,1-2H3,(H,19,20). The van der Waals surface area contributed by atoms with Crippen LogP contribution in [0, 0.1) is 0 Å². The van der Waals surface area contributed by atoms with E-state index in [2.05, 4.69) is 9.97 Å². The third-order valence-corrected chi connectivity index (χ3v) is 3.28. The van der Waals surface area contributed by atoms with Crippen LogP contribution >= 0.6 is 0 Å². The Kier molecular flexibility index (Phi) is 4.53. The number of anilines is 1. The van der Waals surface area contributed by atoms with Crippen LogP contribution in [-0.4, -0.2) is 77.4 Å². The van der Waals surface area contributed by atoms with Crippen molar-refractivity contribution in [1.82, 2.24) is 19.9 Å². The minimum atomic E-state index is -0.917. The molecular formula is C12H17N5O4. The van der Waals surface area contributed by atoms with Gasteiger partial charge in [-0.25, -0.2) is 19.8 Å². The van der Waals surface area contributed by atoms with E-state index >= 15 is 0 Å². The molecule has 0 saturated carbocycles. The van der Waals surface area contributed by atoms with E-state index in [4.69, 9.17) is 9.94 Å². The monoisotopic (exact) mass is 295 g/mol. The molecule has 2 amide bonds. The predicted octanol–water partition coefficient (Wildman–Crippen LogP) is -0.0900. The number of rotatable bonds is 3. The number of nitrogens with zero attached hydrogens (tertiary/aromatic N) is 5. The van der Waals surface area contributed by atoms with Crippen LogP contribution in [0.5, 0.6) is 0 Å². The van der Waals surface area contributed by atoms with Crippen molar-refractivity contribution in [3.8, 4) is 0 Å². The predicted molar refractivity (Wildman–Crippen MR) is 72.9 cm³/mol. The lowest BCUT2D eigenvalue weighted by atomic mass is 10.3. The van der Waals surface area contributed by atoms with Crippen molar-refractivity contribution in [3.63, 3.8) is 0 Å². The minimum absolute atomic E-state index is 0.326. The van der Waals surface area contributed by atoms with Gasteiger partial charge in [-0.3, -0.25) is 9.63 Å². The van der Waals surface area contributed by atoms with Crippen molar-refractivity contribution >= 4 is 17.9 Å². The smallest absolute Gasteiger partial charge is 0.407 e. The molecule has 2 heterocycles. The molecular weight excluding hydrogens is 278 g/mol. The third-order valence-electron chi connectivity index (χ3n) is 3.28. The summed E-state index contributed by atoms with van der Waals surface area (Å²) in [4.78, 5) is 39.0. The lowest BCUT2D eigenvalue weighted by Gasteiger charge is -2.33. The number of amides is 2. The van der Waals surface area contributed by atoms with Crippen LogP contribution in [0.3, 0.4) is 0 Å². The number of hydroxylamine groups is 2. The zero-order chi connectivity index (χ0) is 15.4. The van der Waals surface area contributed by atoms with Crippen LogP contribution in [0.1, 0.15) is 10.4 Å². The molecule has 1 fully saturated rings. The Hall–Kier alpha value is -2.42. The number of carbonyl (C=O) groups is 2. The maximum Gasteiger partial charge on any atom is 0.407 e. The van der Waals surface area contributed by atoms with Gasteiger partial charge in [-0.05, 0) is 0 Å². The number of piperazine rings is 1. The Morgan fingerprint density at radius 3 is 2.29 bits per heavy atom. The van der Waals surface area contributed by atoms with Gasteiger partial charge in [0.15, 0.2) is 0 Å². The molecule has 1 aromatic rings. The minimum Gasteiger partial charge on any atom is -0.465 e. The summed E-state index contributed by atoms with van der Waals surface area (Å²) in [5, 5.41) is 9.98. The molecule has 1 N–H and O–H groups in total. The first-order chi connectivity index (χ1) is 10.0. The first-order valence-corrected chi connectivity index (χ1v) is 6.40.